The first-order valence-electron chi connectivity index (χ1n) is 7.35. The lowest BCUT2D eigenvalue weighted by Crippen LogP contribution is -2.48. The number of carbonyl (C=O) groups excluding carboxylic acids is 1. The Bertz CT molecular complexity index is 765. The van der Waals surface area contributed by atoms with Crippen molar-refractivity contribution in [3.05, 3.63) is 58.4 Å². The summed E-state index contributed by atoms with van der Waals surface area (Å²) in [6, 6.07) is 11.0. The molecule has 1 aromatic carbocycles. The Morgan fingerprint density at radius 1 is 1.48 bits per heavy atom. The predicted molar refractivity (Wildman–Crippen MR) is 86.2 cm³/mol. The van der Waals surface area contributed by atoms with Crippen LogP contribution in [0.2, 0.25) is 5.02 Å². The Hall–Kier alpha value is -2.29. The summed E-state index contributed by atoms with van der Waals surface area (Å²) in [5.41, 5.74) is 1.81. The first-order valence-corrected chi connectivity index (χ1v) is 7.73. The van der Waals surface area contributed by atoms with Crippen LogP contribution in [0.15, 0.2) is 36.5 Å². The molecular formula is C17H16ClN3O2. The predicted octanol–water partition coefficient (Wildman–Crippen LogP) is 3.14. The van der Waals surface area contributed by atoms with E-state index < -0.39 is 0 Å². The molecule has 2 atom stereocenters. The minimum absolute atomic E-state index is 0.0354. The van der Waals surface area contributed by atoms with E-state index in [9.17, 15) is 4.79 Å². The van der Waals surface area contributed by atoms with Crippen molar-refractivity contribution in [3.8, 4) is 6.07 Å². The number of aromatic nitrogens is 1. The number of rotatable bonds is 2. The van der Waals surface area contributed by atoms with E-state index in [1.165, 1.54) is 6.20 Å². The zero-order valence-electron chi connectivity index (χ0n) is 12.6. The van der Waals surface area contributed by atoms with Gasteiger partial charge in [-0.2, -0.15) is 5.26 Å². The fraction of sp³-hybridized carbons (Fsp3) is 0.294. The number of morpholine rings is 1. The molecule has 118 valence electrons. The number of halogens is 1. The molecule has 1 amide bonds. The Balaban J connectivity index is 1.81. The van der Waals surface area contributed by atoms with E-state index in [2.05, 4.69) is 4.98 Å². The summed E-state index contributed by atoms with van der Waals surface area (Å²) in [4.78, 5) is 17.3. The topological polar surface area (TPSA) is 69.1 Å². The van der Waals surface area contributed by atoms with E-state index >= 15 is 0 Å². The Morgan fingerprint density at radius 2 is 2.30 bits per heavy atom. The number of benzene rings is 1. The van der Waals surface area contributed by atoms with Gasteiger partial charge in [0.05, 0.1) is 24.8 Å². The third-order valence-electron chi connectivity index (χ3n) is 3.96. The monoisotopic (exact) mass is 329 g/mol. The number of carbonyl (C=O) groups is 1. The Labute approximate surface area is 139 Å². The molecule has 1 saturated heterocycles. The molecule has 0 spiro atoms. The van der Waals surface area contributed by atoms with E-state index in [0.29, 0.717) is 29.4 Å². The average Bonchev–Trinajstić information content (AvgIpc) is 3.04. The van der Waals surface area contributed by atoms with Crippen LogP contribution < -0.4 is 0 Å². The highest BCUT2D eigenvalue weighted by molar-refractivity contribution is 6.30. The van der Waals surface area contributed by atoms with Crippen molar-refractivity contribution in [1.29, 1.82) is 5.26 Å². The fourth-order valence-corrected chi connectivity index (χ4v) is 2.88. The van der Waals surface area contributed by atoms with Crippen molar-refractivity contribution in [2.24, 2.45) is 0 Å². The van der Waals surface area contributed by atoms with E-state index in [1.54, 1.807) is 11.0 Å². The van der Waals surface area contributed by atoms with Crippen LogP contribution in [-0.4, -0.2) is 35.0 Å². The average molecular weight is 330 g/mol. The first kappa shape index (κ1) is 15.6. The largest absolute Gasteiger partial charge is 0.370 e. The van der Waals surface area contributed by atoms with Gasteiger partial charge in [-0.15, -0.1) is 0 Å². The van der Waals surface area contributed by atoms with Gasteiger partial charge in [0.1, 0.15) is 17.9 Å². The molecule has 0 bridgehead atoms. The number of nitriles is 1. The third-order valence-corrected chi connectivity index (χ3v) is 4.19. The molecule has 0 aliphatic carbocycles. The normalized spacial score (nSPS) is 21.0. The zero-order valence-corrected chi connectivity index (χ0v) is 13.4. The van der Waals surface area contributed by atoms with Crippen molar-refractivity contribution < 1.29 is 9.53 Å². The van der Waals surface area contributed by atoms with Crippen LogP contribution in [0.1, 0.15) is 34.6 Å². The summed E-state index contributed by atoms with van der Waals surface area (Å²) >= 11 is 6.03. The molecule has 1 fully saturated rings. The molecule has 2 aromatic rings. The maximum Gasteiger partial charge on any atom is 0.270 e. The summed E-state index contributed by atoms with van der Waals surface area (Å²) in [7, 11) is 0. The molecule has 0 saturated carbocycles. The molecule has 2 heterocycles. The number of H-pyrrole nitrogens is 1. The first-order chi connectivity index (χ1) is 11.1. The highest BCUT2D eigenvalue weighted by Crippen LogP contribution is 2.27. The third kappa shape index (κ3) is 3.24. The number of ether oxygens (including phenoxy) is 1. The van der Waals surface area contributed by atoms with Crippen LogP contribution in [-0.2, 0) is 4.74 Å². The maximum atomic E-state index is 12.7. The van der Waals surface area contributed by atoms with Gasteiger partial charge in [-0.1, -0.05) is 23.7 Å². The summed E-state index contributed by atoms with van der Waals surface area (Å²) in [6.07, 6.45) is 1.33. The number of hydrogen-bond acceptors (Lipinski definition) is 3. The second-order valence-electron chi connectivity index (χ2n) is 5.60. The molecule has 1 aromatic heterocycles. The standard InChI is InChI=1S/C17H16ClN3O2/c1-11-10-23-16(13-3-2-4-14(18)6-13)9-21(11)17(22)15-5-12(7-19)8-20-15/h2-6,8,11,16,20H,9-10H2,1H3/t11-,16-/m0/s1. The molecule has 23 heavy (non-hydrogen) atoms. The number of hydrogen-bond donors (Lipinski definition) is 1. The van der Waals surface area contributed by atoms with Crippen LogP contribution in [0.3, 0.4) is 0 Å². The van der Waals surface area contributed by atoms with Crippen molar-refractivity contribution in [1.82, 2.24) is 9.88 Å². The van der Waals surface area contributed by atoms with Gasteiger partial charge in [-0.3, -0.25) is 4.79 Å². The van der Waals surface area contributed by atoms with Gasteiger partial charge in [0, 0.05) is 11.2 Å². The minimum Gasteiger partial charge on any atom is -0.370 e. The van der Waals surface area contributed by atoms with Gasteiger partial charge in [0.25, 0.3) is 5.91 Å². The molecule has 1 aliphatic heterocycles. The molecule has 0 unspecified atom stereocenters. The number of nitrogens with zero attached hydrogens (tertiary/aromatic N) is 2. The molecule has 3 rings (SSSR count). The van der Waals surface area contributed by atoms with Crippen LogP contribution in [0.4, 0.5) is 0 Å². The van der Waals surface area contributed by atoms with Crippen LogP contribution in [0.25, 0.3) is 0 Å². The van der Waals surface area contributed by atoms with Gasteiger partial charge in [-0.05, 0) is 30.7 Å². The lowest BCUT2D eigenvalue weighted by Gasteiger charge is -2.38. The van der Waals surface area contributed by atoms with Crippen LogP contribution in [0.5, 0.6) is 0 Å². The molecule has 0 radical (unpaired) electrons. The molecular weight excluding hydrogens is 314 g/mol. The van der Waals surface area contributed by atoms with Gasteiger partial charge >= 0.3 is 0 Å². The summed E-state index contributed by atoms with van der Waals surface area (Å²) in [5, 5.41) is 9.53. The second kappa shape index (κ2) is 6.45. The maximum absolute atomic E-state index is 12.7. The minimum atomic E-state index is -0.209. The summed E-state index contributed by atoms with van der Waals surface area (Å²) in [6.45, 7) is 2.84. The second-order valence-corrected chi connectivity index (χ2v) is 6.03. The van der Waals surface area contributed by atoms with Crippen molar-refractivity contribution >= 4 is 17.5 Å². The van der Waals surface area contributed by atoms with Gasteiger partial charge < -0.3 is 14.6 Å². The van der Waals surface area contributed by atoms with E-state index in [0.717, 1.165) is 5.56 Å². The van der Waals surface area contributed by atoms with Crippen molar-refractivity contribution in [2.75, 3.05) is 13.2 Å². The SMILES string of the molecule is C[C@H]1CO[C@H](c2cccc(Cl)c2)CN1C(=O)c1cc(C#N)c[nH]1. The lowest BCUT2D eigenvalue weighted by molar-refractivity contribution is -0.0488. The zero-order chi connectivity index (χ0) is 16.4. The van der Waals surface area contributed by atoms with Crippen molar-refractivity contribution in [3.63, 3.8) is 0 Å². The van der Waals surface area contributed by atoms with Crippen molar-refractivity contribution in [2.45, 2.75) is 19.1 Å². The number of amides is 1. The quantitative estimate of drug-likeness (QED) is 0.920. The molecule has 1 N–H and O–H groups in total. The van der Waals surface area contributed by atoms with Gasteiger partial charge in [0.2, 0.25) is 0 Å². The molecule has 1 aliphatic rings. The van der Waals surface area contributed by atoms with Gasteiger partial charge in [-0.25, -0.2) is 0 Å². The number of nitrogens with one attached hydrogen (secondary N) is 1. The Kier molecular flexibility index (Phi) is 4.37. The fourth-order valence-electron chi connectivity index (χ4n) is 2.69. The lowest BCUT2D eigenvalue weighted by atomic mass is 10.1. The molecule has 5 nitrogen and oxygen atoms in total. The van der Waals surface area contributed by atoms with E-state index in [-0.39, 0.29) is 18.1 Å². The highest BCUT2D eigenvalue weighted by Gasteiger charge is 2.31. The van der Waals surface area contributed by atoms with Gasteiger partial charge in [0.15, 0.2) is 0 Å². The van der Waals surface area contributed by atoms with E-state index in [4.69, 9.17) is 21.6 Å². The summed E-state index contributed by atoms with van der Waals surface area (Å²) < 4.78 is 5.86. The number of aromatic amines is 1. The van der Waals surface area contributed by atoms with E-state index in [1.807, 2.05) is 37.3 Å². The Morgan fingerprint density at radius 3 is 3.00 bits per heavy atom. The summed E-state index contributed by atoms with van der Waals surface area (Å²) in [5.74, 6) is -0.130. The molecule has 6 heteroatoms. The smallest absolute Gasteiger partial charge is 0.270 e. The van der Waals surface area contributed by atoms with Crippen LogP contribution in [0, 0.1) is 11.3 Å². The van der Waals surface area contributed by atoms with Crippen LogP contribution >= 0.6 is 11.6 Å². The highest BCUT2D eigenvalue weighted by atomic mass is 35.5.